The molecule has 3 heterocycles. The first-order valence-corrected chi connectivity index (χ1v) is 9.74. The molecule has 4 rings (SSSR count). The van der Waals surface area contributed by atoms with Crippen molar-refractivity contribution in [3.63, 3.8) is 0 Å². The van der Waals surface area contributed by atoms with E-state index >= 15 is 0 Å². The van der Waals surface area contributed by atoms with Gasteiger partial charge in [-0.25, -0.2) is 4.98 Å². The zero-order chi connectivity index (χ0) is 18.3. The van der Waals surface area contributed by atoms with Crippen LogP contribution in [0.25, 0.3) is 4.96 Å². The number of likely N-dealkylation sites (N-methyl/N-ethyl adjacent to an activating group) is 1. The van der Waals surface area contributed by atoms with Crippen LogP contribution in [-0.4, -0.2) is 60.0 Å². The van der Waals surface area contributed by atoms with Gasteiger partial charge in [-0.05, 0) is 19.1 Å². The van der Waals surface area contributed by atoms with E-state index in [-0.39, 0.29) is 11.9 Å². The highest BCUT2D eigenvalue weighted by Gasteiger charge is 2.37. The fourth-order valence-electron chi connectivity index (χ4n) is 3.77. The molecule has 3 N–H and O–H groups in total. The summed E-state index contributed by atoms with van der Waals surface area (Å²) >= 11 is 1.52. The van der Waals surface area contributed by atoms with Crippen molar-refractivity contribution in [2.45, 2.75) is 13.0 Å². The summed E-state index contributed by atoms with van der Waals surface area (Å²) in [5, 5.41) is 15.2. The van der Waals surface area contributed by atoms with E-state index in [0.717, 1.165) is 47.3 Å². The minimum absolute atomic E-state index is 0.00746. The summed E-state index contributed by atoms with van der Waals surface area (Å²) in [6, 6.07) is 8.11. The van der Waals surface area contributed by atoms with Crippen LogP contribution in [0.1, 0.15) is 22.3 Å². The fraction of sp³-hybridized carbons (Fsp3) is 0.444. The maximum Gasteiger partial charge on any atom is 0.235 e. The Labute approximate surface area is 156 Å². The first kappa shape index (κ1) is 17.3. The van der Waals surface area contributed by atoms with Crippen molar-refractivity contribution in [3.8, 4) is 11.6 Å². The molecule has 1 aromatic carbocycles. The molecule has 0 bridgehead atoms. The second-order valence-corrected chi connectivity index (χ2v) is 7.94. The average molecular weight is 375 g/mol. The van der Waals surface area contributed by atoms with Crippen molar-refractivity contribution < 1.29 is 19.6 Å². The Morgan fingerprint density at radius 1 is 1.23 bits per heavy atom. The average Bonchev–Trinajstić information content (AvgIpc) is 3.15. The third kappa shape index (κ3) is 2.94. The van der Waals surface area contributed by atoms with Gasteiger partial charge in [-0.3, -0.25) is 0 Å². The third-order valence-corrected chi connectivity index (χ3v) is 6.26. The van der Waals surface area contributed by atoms with Gasteiger partial charge < -0.3 is 19.6 Å². The van der Waals surface area contributed by atoms with Gasteiger partial charge in [-0.15, -0.1) is 5.10 Å². The van der Waals surface area contributed by atoms with Crippen LogP contribution >= 0.6 is 11.3 Å². The molecule has 1 aliphatic rings. The Hall–Kier alpha value is -2.16. The summed E-state index contributed by atoms with van der Waals surface area (Å²) in [6.45, 7) is 6.15. The molecule has 0 aliphatic carbocycles. The SMILES string of the molecule is COc1ccccc1[C@H](c1sc2nc(C)nn2c1O)[NH+]1CC[NH+](C)CC1. The number of rotatable bonds is 4. The van der Waals surface area contributed by atoms with E-state index < -0.39 is 0 Å². The van der Waals surface area contributed by atoms with Gasteiger partial charge in [0.1, 0.15) is 42.6 Å². The van der Waals surface area contributed by atoms with Crippen LogP contribution in [0.2, 0.25) is 0 Å². The number of hydrogen-bond acceptors (Lipinski definition) is 5. The van der Waals surface area contributed by atoms with Gasteiger partial charge in [0.05, 0.1) is 19.7 Å². The second kappa shape index (κ2) is 6.86. The molecule has 0 radical (unpaired) electrons. The van der Waals surface area contributed by atoms with E-state index in [4.69, 9.17) is 4.74 Å². The summed E-state index contributed by atoms with van der Waals surface area (Å²) in [6.07, 6.45) is 0. The second-order valence-electron chi connectivity index (χ2n) is 6.93. The topological polar surface area (TPSA) is 68.5 Å². The largest absolute Gasteiger partial charge is 0.496 e. The molecule has 0 amide bonds. The number of fused-ring (bicyclic) bond motifs is 1. The van der Waals surface area contributed by atoms with Crippen molar-refractivity contribution in [3.05, 3.63) is 40.5 Å². The Kier molecular flexibility index (Phi) is 4.56. The van der Waals surface area contributed by atoms with E-state index in [9.17, 15) is 5.11 Å². The lowest BCUT2D eigenvalue weighted by molar-refractivity contribution is -1.02. The lowest BCUT2D eigenvalue weighted by atomic mass is 10.0. The van der Waals surface area contributed by atoms with Crippen molar-refractivity contribution >= 4 is 16.3 Å². The molecular formula is C18H25N5O2S+2. The van der Waals surface area contributed by atoms with Gasteiger partial charge in [-0.1, -0.05) is 23.5 Å². The van der Waals surface area contributed by atoms with E-state index in [2.05, 4.69) is 23.2 Å². The van der Waals surface area contributed by atoms with Gasteiger partial charge in [0.25, 0.3) is 0 Å². The maximum atomic E-state index is 10.9. The maximum absolute atomic E-state index is 10.9. The Balaban J connectivity index is 1.84. The van der Waals surface area contributed by atoms with Gasteiger partial charge >= 0.3 is 0 Å². The van der Waals surface area contributed by atoms with Crippen LogP contribution in [0.5, 0.6) is 11.6 Å². The predicted octanol–water partition coefficient (Wildman–Crippen LogP) is -0.684. The molecular weight excluding hydrogens is 350 g/mol. The lowest BCUT2D eigenvalue weighted by Crippen LogP contribution is -3.27. The minimum Gasteiger partial charge on any atom is -0.496 e. The molecule has 26 heavy (non-hydrogen) atoms. The Morgan fingerprint density at radius 2 is 1.96 bits per heavy atom. The van der Waals surface area contributed by atoms with Gasteiger partial charge in [0, 0.05) is 0 Å². The highest BCUT2D eigenvalue weighted by molar-refractivity contribution is 7.17. The van der Waals surface area contributed by atoms with Gasteiger partial charge in [0.15, 0.2) is 6.04 Å². The quantitative estimate of drug-likeness (QED) is 0.565. The summed E-state index contributed by atoms with van der Waals surface area (Å²) < 4.78 is 7.19. The first-order chi connectivity index (χ1) is 12.6. The smallest absolute Gasteiger partial charge is 0.235 e. The number of piperazine rings is 1. The van der Waals surface area contributed by atoms with Crippen LogP contribution in [-0.2, 0) is 0 Å². The van der Waals surface area contributed by atoms with E-state index in [1.165, 1.54) is 16.2 Å². The molecule has 2 aromatic heterocycles. The molecule has 1 atom stereocenters. The van der Waals surface area contributed by atoms with Crippen LogP contribution in [0.15, 0.2) is 24.3 Å². The van der Waals surface area contributed by atoms with Crippen LogP contribution in [0.3, 0.4) is 0 Å². The molecule has 1 saturated heterocycles. The molecule has 0 unspecified atom stereocenters. The Morgan fingerprint density at radius 3 is 2.65 bits per heavy atom. The number of aromatic nitrogens is 3. The molecule has 8 heteroatoms. The Bertz CT molecular complexity index is 914. The number of nitrogens with zero attached hydrogens (tertiary/aromatic N) is 3. The molecule has 138 valence electrons. The van der Waals surface area contributed by atoms with E-state index in [0.29, 0.717) is 5.82 Å². The van der Waals surface area contributed by atoms with Crippen molar-refractivity contribution in [1.82, 2.24) is 14.6 Å². The summed E-state index contributed by atoms with van der Waals surface area (Å²) in [4.78, 5) is 9.06. The van der Waals surface area contributed by atoms with E-state index in [1.54, 1.807) is 16.5 Å². The summed E-state index contributed by atoms with van der Waals surface area (Å²) in [5.74, 6) is 1.72. The van der Waals surface area contributed by atoms with E-state index in [1.807, 2.05) is 25.1 Å². The zero-order valence-electron chi connectivity index (χ0n) is 15.3. The number of ether oxygens (including phenoxy) is 1. The number of para-hydroxylation sites is 1. The number of thiazole rings is 1. The minimum atomic E-state index is 0.00746. The number of quaternary nitrogens is 2. The first-order valence-electron chi connectivity index (χ1n) is 8.92. The monoisotopic (exact) mass is 375 g/mol. The number of nitrogens with one attached hydrogen (secondary N) is 2. The summed E-state index contributed by atoms with van der Waals surface area (Å²) in [5.41, 5.74) is 1.10. The number of methoxy groups -OCH3 is 1. The third-order valence-electron chi connectivity index (χ3n) is 5.17. The molecule has 0 spiro atoms. The standard InChI is InChI=1S/C18H23N5O2S/c1-12-19-18-23(20-12)17(24)16(26-18)15(22-10-8-21(2)9-11-22)13-6-4-5-7-14(13)25-3/h4-7,15,24H,8-11H2,1-3H3/p+2/t15-/m1/s1. The molecule has 7 nitrogen and oxygen atoms in total. The summed E-state index contributed by atoms with van der Waals surface area (Å²) in [7, 11) is 3.93. The number of hydrogen-bond donors (Lipinski definition) is 3. The predicted molar refractivity (Wildman–Crippen MR) is 99.4 cm³/mol. The van der Waals surface area contributed by atoms with Crippen molar-refractivity contribution in [2.75, 3.05) is 40.3 Å². The molecule has 1 fully saturated rings. The van der Waals surface area contributed by atoms with Crippen molar-refractivity contribution in [1.29, 1.82) is 0 Å². The molecule has 1 aliphatic heterocycles. The van der Waals surface area contributed by atoms with Crippen molar-refractivity contribution in [2.24, 2.45) is 0 Å². The lowest BCUT2D eigenvalue weighted by Gasteiger charge is -2.33. The number of aromatic hydroxyl groups is 1. The zero-order valence-corrected chi connectivity index (χ0v) is 16.1. The van der Waals surface area contributed by atoms with Gasteiger partial charge in [0.2, 0.25) is 10.8 Å². The molecule has 0 saturated carbocycles. The van der Waals surface area contributed by atoms with Gasteiger partial charge in [-0.2, -0.15) is 4.52 Å². The highest BCUT2D eigenvalue weighted by atomic mass is 32.1. The number of aryl methyl sites for hydroxylation is 1. The van der Waals surface area contributed by atoms with Crippen LogP contribution in [0.4, 0.5) is 0 Å². The van der Waals surface area contributed by atoms with Crippen LogP contribution in [0, 0.1) is 6.92 Å². The highest BCUT2D eigenvalue weighted by Crippen LogP contribution is 2.37. The van der Waals surface area contributed by atoms with Crippen LogP contribution < -0.4 is 14.5 Å². The normalized spacial score (nSPS) is 21.8. The molecule has 3 aromatic rings. The number of benzene rings is 1. The fourth-order valence-corrected chi connectivity index (χ4v) is 4.95.